The van der Waals surface area contributed by atoms with Crippen LogP contribution in [0.4, 0.5) is 0 Å². The second-order valence-corrected chi connectivity index (χ2v) is 14.1. The molecule has 8 aromatic carbocycles. The monoisotopic (exact) mass is 716 g/mol. The predicted molar refractivity (Wildman–Crippen MR) is 229 cm³/mol. The van der Waals surface area contributed by atoms with Crippen molar-refractivity contribution in [2.45, 2.75) is 0 Å². The molecule has 0 aliphatic rings. The molecule has 0 spiro atoms. The first-order valence-corrected chi connectivity index (χ1v) is 18.8. The summed E-state index contributed by atoms with van der Waals surface area (Å²) in [6.45, 7) is 0. The summed E-state index contributed by atoms with van der Waals surface area (Å²) in [6, 6.07) is 67.4. The van der Waals surface area contributed by atoms with Gasteiger partial charge in [0.1, 0.15) is 11.2 Å². The fourth-order valence-electron chi connectivity index (χ4n) is 7.93. The second kappa shape index (κ2) is 13.0. The van der Waals surface area contributed by atoms with Gasteiger partial charge >= 0.3 is 0 Å². The van der Waals surface area contributed by atoms with Gasteiger partial charge in [-0.05, 0) is 76.9 Å². The van der Waals surface area contributed by atoms with E-state index in [9.17, 15) is 0 Å². The Kier molecular flexibility index (Phi) is 7.42. The summed E-state index contributed by atoms with van der Waals surface area (Å²) in [5, 5.41) is 4.51. The Bertz CT molecular complexity index is 3170. The van der Waals surface area contributed by atoms with Crippen LogP contribution in [-0.4, -0.2) is 19.5 Å². The quantitative estimate of drug-likeness (QED) is 0.172. The van der Waals surface area contributed by atoms with Crippen molar-refractivity contribution in [3.05, 3.63) is 194 Å². The first kappa shape index (κ1) is 31.9. The van der Waals surface area contributed by atoms with Gasteiger partial charge in [0.05, 0.1) is 11.0 Å². The van der Waals surface area contributed by atoms with Gasteiger partial charge in [-0.2, -0.15) is 0 Å². The molecule has 0 saturated carbocycles. The van der Waals surface area contributed by atoms with Crippen LogP contribution in [0.1, 0.15) is 0 Å². The number of benzene rings is 8. The Morgan fingerprint density at radius 1 is 0.304 bits per heavy atom. The molecule has 56 heavy (non-hydrogen) atoms. The van der Waals surface area contributed by atoms with E-state index in [1.54, 1.807) is 0 Å². The molecule has 0 saturated heterocycles. The minimum atomic E-state index is 0.578. The molecule has 0 aliphatic heterocycles. The number of fused-ring (bicyclic) bond motifs is 6. The molecule has 0 aliphatic carbocycles. The van der Waals surface area contributed by atoms with E-state index in [2.05, 4.69) is 156 Å². The van der Waals surface area contributed by atoms with Crippen molar-refractivity contribution in [2.24, 2.45) is 0 Å². The van der Waals surface area contributed by atoms with Gasteiger partial charge in [-0.1, -0.05) is 133 Å². The molecule has 5 nitrogen and oxygen atoms in total. The van der Waals surface area contributed by atoms with Gasteiger partial charge in [0.25, 0.3) is 0 Å². The highest BCUT2D eigenvalue weighted by Gasteiger charge is 2.19. The lowest BCUT2D eigenvalue weighted by atomic mass is 9.96. The average Bonchev–Trinajstić information content (AvgIpc) is 3.80. The minimum absolute atomic E-state index is 0.578. The third-order valence-corrected chi connectivity index (χ3v) is 10.6. The summed E-state index contributed by atoms with van der Waals surface area (Å²) >= 11 is 0. The molecule has 11 aromatic rings. The van der Waals surface area contributed by atoms with Gasteiger partial charge in [-0.3, -0.25) is 0 Å². The van der Waals surface area contributed by atoms with E-state index in [0.717, 1.165) is 77.6 Å². The molecular formula is C51H32N4O. The molecule has 0 unspecified atom stereocenters. The maximum absolute atomic E-state index is 6.68. The molecule has 0 radical (unpaired) electrons. The van der Waals surface area contributed by atoms with Crippen LogP contribution in [0.5, 0.6) is 0 Å². The molecule has 0 bridgehead atoms. The van der Waals surface area contributed by atoms with Crippen molar-refractivity contribution in [3.8, 4) is 62.1 Å². The number of hydrogen-bond acceptors (Lipinski definition) is 4. The Morgan fingerprint density at radius 2 is 0.821 bits per heavy atom. The Balaban J connectivity index is 1.09. The standard InChI is InChI=1S/C51H32N4O/c1-5-15-33(16-6-1)37-27-38(34-17-7-2-8-18-34)29-39(28-37)51-53-49(35-19-9-3-10-20-35)52-50(54-51)36-25-26-42-44-31-43-41-23-13-14-24-45(41)55(40-21-11-4-12-22-40)46(43)32-48(44)56-47(42)30-36/h1-32H. The van der Waals surface area contributed by atoms with E-state index >= 15 is 0 Å². The minimum Gasteiger partial charge on any atom is -0.456 e. The molecule has 0 fully saturated rings. The number of furan rings is 1. The zero-order valence-electron chi connectivity index (χ0n) is 30.2. The van der Waals surface area contributed by atoms with Gasteiger partial charge < -0.3 is 8.98 Å². The van der Waals surface area contributed by atoms with Crippen molar-refractivity contribution >= 4 is 43.7 Å². The second-order valence-electron chi connectivity index (χ2n) is 14.1. The van der Waals surface area contributed by atoms with Gasteiger partial charge in [-0.15, -0.1) is 0 Å². The van der Waals surface area contributed by atoms with Crippen LogP contribution in [0.15, 0.2) is 199 Å². The zero-order chi connectivity index (χ0) is 37.0. The normalized spacial score (nSPS) is 11.6. The van der Waals surface area contributed by atoms with E-state index in [-0.39, 0.29) is 0 Å². The Labute approximate surface area is 322 Å². The summed E-state index contributed by atoms with van der Waals surface area (Å²) in [5.74, 6) is 1.79. The largest absolute Gasteiger partial charge is 0.456 e. The van der Waals surface area contributed by atoms with E-state index in [1.165, 1.54) is 10.8 Å². The maximum Gasteiger partial charge on any atom is 0.164 e. The van der Waals surface area contributed by atoms with E-state index in [0.29, 0.717) is 17.5 Å². The van der Waals surface area contributed by atoms with Crippen molar-refractivity contribution in [3.63, 3.8) is 0 Å². The molecule has 262 valence electrons. The van der Waals surface area contributed by atoms with Gasteiger partial charge in [0, 0.05) is 50.0 Å². The SMILES string of the molecule is c1ccc(-c2cc(-c3ccccc3)cc(-c3nc(-c4ccccc4)nc(-c4ccc5c(c4)oc4cc6c(cc45)c4ccccc4n6-c4ccccc4)n3)c2)cc1. The molecule has 0 atom stereocenters. The summed E-state index contributed by atoms with van der Waals surface area (Å²) < 4.78 is 9.00. The first-order chi connectivity index (χ1) is 27.7. The van der Waals surface area contributed by atoms with Crippen LogP contribution in [0.25, 0.3) is 106 Å². The lowest BCUT2D eigenvalue weighted by molar-refractivity contribution is 0.669. The summed E-state index contributed by atoms with van der Waals surface area (Å²) in [7, 11) is 0. The lowest BCUT2D eigenvalue weighted by Crippen LogP contribution is -2.00. The van der Waals surface area contributed by atoms with Crippen LogP contribution in [-0.2, 0) is 0 Å². The fraction of sp³-hybridized carbons (Fsp3) is 0. The third-order valence-electron chi connectivity index (χ3n) is 10.6. The van der Waals surface area contributed by atoms with Crippen LogP contribution < -0.4 is 0 Å². The number of rotatable bonds is 6. The van der Waals surface area contributed by atoms with Gasteiger partial charge in [-0.25, -0.2) is 15.0 Å². The Hall–Kier alpha value is -7.63. The van der Waals surface area contributed by atoms with E-state index < -0.39 is 0 Å². The molecule has 3 heterocycles. The van der Waals surface area contributed by atoms with Crippen molar-refractivity contribution < 1.29 is 4.42 Å². The van der Waals surface area contributed by atoms with Gasteiger partial charge in [0.15, 0.2) is 17.5 Å². The zero-order valence-corrected chi connectivity index (χ0v) is 30.2. The predicted octanol–water partition coefficient (Wildman–Crippen LogP) is 13.2. The number of aromatic nitrogens is 4. The van der Waals surface area contributed by atoms with E-state index in [4.69, 9.17) is 19.4 Å². The molecular weight excluding hydrogens is 685 g/mol. The lowest BCUT2D eigenvalue weighted by Gasteiger charge is -2.12. The maximum atomic E-state index is 6.68. The van der Waals surface area contributed by atoms with Crippen LogP contribution >= 0.6 is 0 Å². The van der Waals surface area contributed by atoms with Crippen LogP contribution in [0.3, 0.4) is 0 Å². The van der Waals surface area contributed by atoms with E-state index in [1.807, 2.05) is 42.5 Å². The number of para-hydroxylation sites is 2. The fourth-order valence-corrected chi connectivity index (χ4v) is 7.93. The van der Waals surface area contributed by atoms with Crippen LogP contribution in [0, 0.1) is 0 Å². The molecule has 11 rings (SSSR count). The highest BCUT2D eigenvalue weighted by atomic mass is 16.3. The highest BCUT2D eigenvalue weighted by molar-refractivity contribution is 6.17. The average molecular weight is 717 g/mol. The number of nitrogens with zero attached hydrogens (tertiary/aromatic N) is 4. The highest BCUT2D eigenvalue weighted by Crippen LogP contribution is 2.40. The van der Waals surface area contributed by atoms with Crippen molar-refractivity contribution in [2.75, 3.05) is 0 Å². The summed E-state index contributed by atoms with van der Waals surface area (Å²) in [4.78, 5) is 15.3. The first-order valence-electron chi connectivity index (χ1n) is 18.8. The van der Waals surface area contributed by atoms with Gasteiger partial charge in [0.2, 0.25) is 0 Å². The third kappa shape index (κ3) is 5.45. The topological polar surface area (TPSA) is 56.7 Å². The summed E-state index contributed by atoms with van der Waals surface area (Å²) in [6.07, 6.45) is 0. The summed E-state index contributed by atoms with van der Waals surface area (Å²) in [5.41, 5.74) is 12.1. The Morgan fingerprint density at radius 3 is 1.48 bits per heavy atom. The smallest absolute Gasteiger partial charge is 0.164 e. The molecule has 3 aromatic heterocycles. The molecule has 0 N–H and O–H groups in total. The van der Waals surface area contributed by atoms with Crippen molar-refractivity contribution in [1.82, 2.24) is 19.5 Å². The molecule has 5 heteroatoms. The van der Waals surface area contributed by atoms with Crippen LogP contribution in [0.2, 0.25) is 0 Å². The number of hydrogen-bond donors (Lipinski definition) is 0. The molecule has 0 amide bonds. The van der Waals surface area contributed by atoms with Crippen molar-refractivity contribution in [1.29, 1.82) is 0 Å².